The van der Waals surface area contributed by atoms with Crippen LogP contribution < -0.4 is 5.32 Å². The van der Waals surface area contributed by atoms with Crippen molar-refractivity contribution in [3.8, 4) is 0 Å². The van der Waals surface area contributed by atoms with Crippen LogP contribution in [-0.4, -0.2) is 73.4 Å². The van der Waals surface area contributed by atoms with Gasteiger partial charge in [0.05, 0.1) is 39.9 Å². The zero-order chi connectivity index (χ0) is 64.1. The Morgan fingerprint density at radius 2 is 0.693 bits per heavy atom. The molecule has 0 aliphatic carbocycles. The minimum atomic E-state index is -4.37. The molecule has 88 heavy (non-hydrogen) atoms. The van der Waals surface area contributed by atoms with Gasteiger partial charge in [-0.2, -0.15) is 0 Å². The van der Waals surface area contributed by atoms with E-state index in [1.807, 2.05) is 27.2 Å². The summed E-state index contributed by atoms with van der Waals surface area (Å²) < 4.78 is 23.8. The number of hydrogen-bond donors (Lipinski definition) is 3. The van der Waals surface area contributed by atoms with E-state index in [4.69, 9.17) is 9.05 Å². The molecule has 1 amide bonds. The molecule has 510 valence electrons. The van der Waals surface area contributed by atoms with Gasteiger partial charge in [0.2, 0.25) is 5.91 Å². The number of aliphatic hydroxyl groups excluding tert-OH is 1. The zero-order valence-electron chi connectivity index (χ0n) is 58.4. The van der Waals surface area contributed by atoms with Crippen LogP contribution in [0.3, 0.4) is 0 Å². The van der Waals surface area contributed by atoms with Crippen LogP contribution in [0.25, 0.3) is 0 Å². The Morgan fingerprint density at radius 1 is 0.398 bits per heavy atom. The Bertz CT molecular complexity index is 1810. The van der Waals surface area contributed by atoms with Crippen LogP contribution in [0.5, 0.6) is 0 Å². The number of carbonyl (C=O) groups excluding carboxylic acids is 1. The first-order valence-electron chi connectivity index (χ1n) is 37.3. The van der Waals surface area contributed by atoms with Gasteiger partial charge in [0, 0.05) is 6.42 Å². The maximum Gasteiger partial charge on any atom is 0.472 e. The Hall–Kier alpha value is -2.84. The lowest BCUT2D eigenvalue weighted by molar-refractivity contribution is -0.870. The van der Waals surface area contributed by atoms with E-state index in [0.717, 1.165) is 83.5 Å². The van der Waals surface area contributed by atoms with Crippen molar-refractivity contribution in [2.45, 2.75) is 347 Å². The number of unbranched alkanes of at least 4 members (excludes halogenated alkanes) is 39. The first-order valence-corrected chi connectivity index (χ1v) is 38.8. The second kappa shape index (κ2) is 68.5. The smallest absolute Gasteiger partial charge is 0.387 e. The molecule has 3 N–H and O–H groups in total. The molecule has 0 fully saturated rings. The molecule has 0 rings (SSSR count). The number of rotatable bonds is 68. The van der Waals surface area contributed by atoms with Crippen molar-refractivity contribution in [3.05, 3.63) is 109 Å². The zero-order valence-corrected chi connectivity index (χ0v) is 59.3. The quantitative estimate of drug-likeness (QED) is 0.0243. The second-order valence-electron chi connectivity index (χ2n) is 26.3. The van der Waals surface area contributed by atoms with Gasteiger partial charge >= 0.3 is 7.82 Å². The fraction of sp³-hybridized carbons (Fsp3) is 0.759. The molecule has 0 aromatic carbocycles. The van der Waals surface area contributed by atoms with Crippen LogP contribution in [0.4, 0.5) is 0 Å². The van der Waals surface area contributed by atoms with Gasteiger partial charge in [0.1, 0.15) is 13.2 Å². The van der Waals surface area contributed by atoms with Crippen molar-refractivity contribution >= 4 is 13.7 Å². The van der Waals surface area contributed by atoms with Crippen LogP contribution >= 0.6 is 7.82 Å². The SMILES string of the molecule is CC/C=C\C/C=C\C/C=C\C/C=C\C/C=C\C/C=C\C/C=C\CCCCCCCCCCCCCCCCCCCCCC(=O)NC(COP(=O)(O)OCC[N+](C)(C)C)C(O)/C=C/CC/C=C/CCCCCCCCCCCCCCCCCCCCC. The summed E-state index contributed by atoms with van der Waals surface area (Å²) in [5.41, 5.74) is 0. The van der Waals surface area contributed by atoms with Gasteiger partial charge < -0.3 is 19.8 Å². The molecule has 8 nitrogen and oxygen atoms in total. The first kappa shape index (κ1) is 85.2. The van der Waals surface area contributed by atoms with Crippen LogP contribution in [0, 0.1) is 0 Å². The predicted molar refractivity (Wildman–Crippen MR) is 387 cm³/mol. The predicted octanol–water partition coefficient (Wildman–Crippen LogP) is 24.2. The molecule has 0 aliphatic rings. The van der Waals surface area contributed by atoms with Gasteiger partial charge in [-0.1, -0.05) is 348 Å². The summed E-state index contributed by atoms with van der Waals surface area (Å²) in [6.45, 7) is 4.71. The summed E-state index contributed by atoms with van der Waals surface area (Å²) in [5, 5.41) is 14.0. The molecule has 9 heteroatoms. The van der Waals surface area contributed by atoms with Gasteiger partial charge in [-0.15, -0.1) is 0 Å². The average Bonchev–Trinajstić information content (AvgIpc) is 3.71. The second-order valence-corrected chi connectivity index (χ2v) is 27.7. The number of quaternary nitrogens is 1. The Morgan fingerprint density at radius 3 is 1.05 bits per heavy atom. The first-order chi connectivity index (χ1) is 43.0. The third kappa shape index (κ3) is 70.6. The maximum absolute atomic E-state index is 13.1. The molecule has 0 bridgehead atoms. The summed E-state index contributed by atoms with van der Waals surface area (Å²) in [7, 11) is 1.56. The topological polar surface area (TPSA) is 105 Å². The summed E-state index contributed by atoms with van der Waals surface area (Å²) >= 11 is 0. The highest BCUT2D eigenvalue weighted by molar-refractivity contribution is 7.47. The number of nitrogens with zero attached hydrogens (tertiary/aromatic N) is 1. The van der Waals surface area contributed by atoms with E-state index in [1.54, 1.807) is 6.08 Å². The van der Waals surface area contributed by atoms with E-state index in [2.05, 4.69) is 116 Å². The Kier molecular flexibility index (Phi) is 66.3. The Balaban J connectivity index is 4.02. The molecule has 0 saturated heterocycles. The van der Waals surface area contributed by atoms with Crippen molar-refractivity contribution in [3.63, 3.8) is 0 Å². The highest BCUT2D eigenvalue weighted by atomic mass is 31.2. The van der Waals surface area contributed by atoms with Crippen molar-refractivity contribution in [1.82, 2.24) is 5.32 Å². The number of likely N-dealkylation sites (N-methyl/N-ethyl adjacent to an activating group) is 1. The molecular formula is C79H144N2O6P+. The fourth-order valence-corrected chi connectivity index (χ4v) is 11.5. The molecule has 3 unspecified atom stereocenters. The standard InChI is InChI=1S/C79H143N2O6P/c1-6-8-10-12-14-16-18-20-22-24-26-28-30-32-33-34-35-36-37-38-39-40-41-42-43-44-45-46-47-49-51-53-55-57-59-61-63-65-67-69-71-73-79(83)80-77(76-87-88(84,85)86-75-74-81(3,4)5)78(82)72-70-68-66-64-62-60-58-56-54-52-50-48-31-29-27-25-23-21-19-17-15-13-11-9-7-2/h8,10,14,16,20,22,26,28,32-33,35-36,38-39,62,64,70,72,77-78,82H,6-7,9,11-13,15,17-19,21,23-25,27,29-31,34,37,40-61,63,65-69,71,73-76H2,1-5H3,(H-,80,83,84,85)/p+1/b10-8-,16-14-,22-20-,28-26-,33-32-,36-35-,39-38-,64-62+,72-70+. The molecule has 0 heterocycles. The van der Waals surface area contributed by atoms with E-state index in [9.17, 15) is 19.4 Å². The molecule has 0 saturated carbocycles. The number of nitrogens with one attached hydrogen (secondary N) is 1. The molecule has 0 aliphatic heterocycles. The third-order valence-corrected chi connectivity index (χ3v) is 17.5. The number of phosphoric acid groups is 1. The van der Waals surface area contributed by atoms with Gasteiger partial charge in [0.15, 0.2) is 0 Å². The number of hydrogen-bond acceptors (Lipinski definition) is 5. The van der Waals surface area contributed by atoms with Gasteiger partial charge in [0.25, 0.3) is 0 Å². The normalized spacial score (nSPS) is 14.2. The van der Waals surface area contributed by atoms with Crippen molar-refractivity contribution < 1.29 is 32.9 Å². The van der Waals surface area contributed by atoms with Crippen molar-refractivity contribution in [2.24, 2.45) is 0 Å². The van der Waals surface area contributed by atoms with Crippen molar-refractivity contribution in [2.75, 3.05) is 40.9 Å². The van der Waals surface area contributed by atoms with Crippen LogP contribution in [0.2, 0.25) is 0 Å². The highest BCUT2D eigenvalue weighted by Crippen LogP contribution is 2.43. The summed E-state index contributed by atoms with van der Waals surface area (Å²) in [5.74, 6) is -0.184. The average molecular weight is 1250 g/mol. The molecule has 0 aromatic rings. The van der Waals surface area contributed by atoms with E-state index < -0.39 is 20.0 Å². The number of amides is 1. The molecule has 0 spiro atoms. The lowest BCUT2D eigenvalue weighted by Gasteiger charge is -2.25. The van der Waals surface area contributed by atoms with E-state index >= 15 is 0 Å². The van der Waals surface area contributed by atoms with Crippen LogP contribution in [0.1, 0.15) is 335 Å². The lowest BCUT2D eigenvalue weighted by atomic mass is 10.0. The fourth-order valence-electron chi connectivity index (χ4n) is 10.7. The van der Waals surface area contributed by atoms with Gasteiger partial charge in [-0.3, -0.25) is 13.8 Å². The summed E-state index contributed by atoms with van der Waals surface area (Å²) in [4.78, 5) is 23.4. The molecular weight excluding hydrogens is 1100 g/mol. The van der Waals surface area contributed by atoms with Crippen molar-refractivity contribution in [1.29, 1.82) is 0 Å². The summed E-state index contributed by atoms with van der Waals surface area (Å²) in [6.07, 6.45) is 101. The minimum Gasteiger partial charge on any atom is -0.387 e. The van der Waals surface area contributed by atoms with E-state index in [1.165, 1.54) is 231 Å². The monoisotopic (exact) mass is 1250 g/mol. The largest absolute Gasteiger partial charge is 0.472 e. The van der Waals surface area contributed by atoms with Gasteiger partial charge in [-0.05, 0) is 89.9 Å². The van der Waals surface area contributed by atoms with E-state index in [0.29, 0.717) is 17.4 Å². The summed E-state index contributed by atoms with van der Waals surface area (Å²) in [6, 6.07) is -0.869. The molecule has 0 aromatic heterocycles. The molecule has 3 atom stereocenters. The van der Waals surface area contributed by atoms with Crippen LogP contribution in [-0.2, 0) is 18.4 Å². The lowest BCUT2D eigenvalue weighted by Crippen LogP contribution is -2.45. The maximum atomic E-state index is 13.1. The molecule has 0 radical (unpaired) electrons. The van der Waals surface area contributed by atoms with E-state index in [-0.39, 0.29) is 19.1 Å². The number of carbonyl (C=O) groups is 1. The number of phosphoric ester groups is 1. The number of aliphatic hydroxyl groups is 1. The Labute approximate surface area is 546 Å². The number of allylic oxidation sites excluding steroid dienone is 17. The third-order valence-electron chi connectivity index (χ3n) is 16.5. The van der Waals surface area contributed by atoms with Crippen LogP contribution in [0.15, 0.2) is 109 Å². The minimum absolute atomic E-state index is 0.0544. The van der Waals surface area contributed by atoms with Gasteiger partial charge in [-0.25, -0.2) is 4.57 Å². The highest BCUT2D eigenvalue weighted by Gasteiger charge is 2.28.